The molecule has 2 aliphatic rings. The molecule has 2 fully saturated rings. The molecule has 1 aromatic carbocycles. The van der Waals surface area contributed by atoms with E-state index in [-0.39, 0.29) is 23.9 Å². The van der Waals surface area contributed by atoms with Gasteiger partial charge in [-0.25, -0.2) is 4.79 Å². The Balaban J connectivity index is 1.66. The van der Waals surface area contributed by atoms with Gasteiger partial charge in [0.15, 0.2) is 0 Å². The van der Waals surface area contributed by atoms with Gasteiger partial charge in [-0.3, -0.25) is 9.59 Å². The molecule has 0 spiro atoms. The second kappa shape index (κ2) is 7.55. The lowest BCUT2D eigenvalue weighted by Crippen LogP contribution is -2.56. The lowest BCUT2D eigenvalue weighted by molar-refractivity contribution is -0.142. The molecule has 1 heterocycles. The first-order valence-electron chi connectivity index (χ1n) is 8.69. The Bertz CT molecular complexity index is 641. The number of nitrogens with one attached hydrogen (secondary N) is 2. The van der Waals surface area contributed by atoms with Crippen molar-refractivity contribution < 1.29 is 19.5 Å². The van der Waals surface area contributed by atoms with Crippen molar-refractivity contribution in [2.45, 2.75) is 37.8 Å². The van der Waals surface area contributed by atoms with Crippen LogP contribution < -0.4 is 10.6 Å². The number of nitrogens with zero attached hydrogens (tertiary/aromatic N) is 1. The number of carboxylic acid groups (broad SMARTS) is 1. The Hall–Kier alpha value is -2.57. The van der Waals surface area contributed by atoms with E-state index in [0.29, 0.717) is 38.8 Å². The Morgan fingerprint density at radius 2 is 1.80 bits per heavy atom. The quantitative estimate of drug-likeness (QED) is 0.773. The van der Waals surface area contributed by atoms with Crippen LogP contribution in [0.15, 0.2) is 30.3 Å². The first-order valence-corrected chi connectivity index (χ1v) is 8.69. The van der Waals surface area contributed by atoms with Crippen LogP contribution in [-0.4, -0.2) is 47.0 Å². The van der Waals surface area contributed by atoms with Crippen LogP contribution in [0, 0.1) is 5.92 Å². The summed E-state index contributed by atoms with van der Waals surface area (Å²) in [6, 6.07) is 8.32. The molecule has 1 saturated carbocycles. The molecule has 1 unspecified atom stereocenters. The third kappa shape index (κ3) is 3.92. The zero-order valence-corrected chi connectivity index (χ0v) is 14.0. The van der Waals surface area contributed by atoms with Crippen LogP contribution in [0.25, 0.3) is 0 Å². The molecule has 1 atom stereocenters. The second-order valence-corrected chi connectivity index (χ2v) is 6.63. The van der Waals surface area contributed by atoms with Crippen molar-refractivity contribution in [3.63, 3.8) is 0 Å². The third-order valence-corrected chi connectivity index (χ3v) is 4.99. The van der Waals surface area contributed by atoms with E-state index in [9.17, 15) is 14.4 Å². The zero-order valence-electron chi connectivity index (χ0n) is 14.0. The molecule has 0 bridgehead atoms. The maximum Gasteiger partial charge on any atom is 0.318 e. The molecule has 25 heavy (non-hydrogen) atoms. The van der Waals surface area contributed by atoms with Gasteiger partial charge >= 0.3 is 12.0 Å². The van der Waals surface area contributed by atoms with Gasteiger partial charge in [-0.15, -0.1) is 0 Å². The lowest BCUT2D eigenvalue weighted by Gasteiger charge is -2.37. The molecule has 1 aliphatic carbocycles. The van der Waals surface area contributed by atoms with E-state index in [1.165, 1.54) is 0 Å². The summed E-state index contributed by atoms with van der Waals surface area (Å²) in [4.78, 5) is 37.6. The van der Waals surface area contributed by atoms with E-state index >= 15 is 0 Å². The number of aliphatic carboxylic acids is 1. The zero-order chi connectivity index (χ0) is 17.8. The highest BCUT2D eigenvalue weighted by atomic mass is 16.4. The Morgan fingerprint density at radius 1 is 1.12 bits per heavy atom. The Kier molecular flexibility index (Phi) is 5.21. The van der Waals surface area contributed by atoms with E-state index in [1.54, 1.807) is 4.90 Å². The van der Waals surface area contributed by atoms with E-state index in [4.69, 9.17) is 5.11 Å². The summed E-state index contributed by atoms with van der Waals surface area (Å²) in [5.41, 5.74) is 0.782. The van der Waals surface area contributed by atoms with Gasteiger partial charge in [-0.05, 0) is 31.2 Å². The molecule has 0 aromatic heterocycles. The van der Waals surface area contributed by atoms with Gasteiger partial charge in [0.05, 0.1) is 5.92 Å². The molecular formula is C18H23N3O4. The summed E-state index contributed by atoms with van der Waals surface area (Å²) in [6.45, 7) is 0.878. The Morgan fingerprint density at radius 3 is 2.44 bits per heavy atom. The maximum absolute atomic E-state index is 12.7. The van der Waals surface area contributed by atoms with Crippen molar-refractivity contribution in [1.82, 2.24) is 15.5 Å². The molecule has 1 saturated heterocycles. The normalized spacial score (nSPS) is 26.6. The average Bonchev–Trinajstić information content (AvgIpc) is 2.62. The minimum absolute atomic E-state index is 0.0375. The molecule has 7 heteroatoms. The van der Waals surface area contributed by atoms with E-state index in [2.05, 4.69) is 10.6 Å². The largest absolute Gasteiger partial charge is 0.481 e. The number of piperazine rings is 1. The monoisotopic (exact) mass is 345 g/mol. The van der Waals surface area contributed by atoms with Crippen LogP contribution in [0.1, 0.15) is 37.3 Å². The van der Waals surface area contributed by atoms with Crippen LogP contribution in [0.5, 0.6) is 0 Å². The van der Waals surface area contributed by atoms with Crippen molar-refractivity contribution in [3.8, 4) is 0 Å². The molecule has 3 N–H and O–H groups in total. The van der Waals surface area contributed by atoms with Crippen molar-refractivity contribution >= 4 is 17.9 Å². The summed E-state index contributed by atoms with van der Waals surface area (Å²) in [6.07, 6.45) is 2.45. The highest BCUT2D eigenvalue weighted by Crippen LogP contribution is 2.26. The fourth-order valence-electron chi connectivity index (χ4n) is 3.59. The molecule has 0 radical (unpaired) electrons. The van der Waals surface area contributed by atoms with Crippen molar-refractivity contribution in [2.24, 2.45) is 5.92 Å². The topological polar surface area (TPSA) is 98.7 Å². The predicted octanol–water partition coefficient (Wildman–Crippen LogP) is 1.51. The molecule has 3 amide bonds. The standard InChI is InChI=1S/C18H23N3O4/c22-16-15(12-4-2-1-3-5-12)21(11-10-19-16)18(25)20-14-8-6-13(7-9-14)17(23)24/h1-5,13-15H,6-11H2,(H,19,22)(H,20,25)(H,23,24). The summed E-state index contributed by atoms with van der Waals surface area (Å²) in [5, 5.41) is 14.9. The third-order valence-electron chi connectivity index (χ3n) is 4.99. The van der Waals surface area contributed by atoms with Crippen LogP contribution >= 0.6 is 0 Å². The molecule has 7 nitrogen and oxygen atoms in total. The number of carboxylic acids is 1. The SMILES string of the molecule is O=C(O)C1CCC(NC(=O)N2CCNC(=O)C2c2ccccc2)CC1. The van der Waals surface area contributed by atoms with Gasteiger partial charge in [0.1, 0.15) is 6.04 Å². The minimum Gasteiger partial charge on any atom is -0.481 e. The minimum atomic E-state index is -0.762. The van der Waals surface area contributed by atoms with Gasteiger partial charge in [0.2, 0.25) is 5.91 Å². The Labute approximate surface area is 146 Å². The number of carbonyl (C=O) groups excluding carboxylic acids is 2. The summed E-state index contributed by atoms with van der Waals surface area (Å²) >= 11 is 0. The number of benzene rings is 1. The first kappa shape index (κ1) is 17.3. The smallest absolute Gasteiger partial charge is 0.318 e. The number of amides is 3. The van der Waals surface area contributed by atoms with Crippen LogP contribution in [-0.2, 0) is 9.59 Å². The number of hydrogen-bond donors (Lipinski definition) is 3. The van der Waals surface area contributed by atoms with Crippen molar-refractivity contribution in [2.75, 3.05) is 13.1 Å². The highest BCUT2D eigenvalue weighted by molar-refractivity contribution is 5.89. The second-order valence-electron chi connectivity index (χ2n) is 6.63. The van der Waals surface area contributed by atoms with Crippen LogP contribution in [0.3, 0.4) is 0 Å². The lowest BCUT2D eigenvalue weighted by atomic mass is 9.86. The summed E-state index contributed by atoms with van der Waals surface area (Å²) in [5.74, 6) is -1.25. The van der Waals surface area contributed by atoms with Crippen LogP contribution in [0.2, 0.25) is 0 Å². The average molecular weight is 345 g/mol. The predicted molar refractivity (Wildman–Crippen MR) is 90.8 cm³/mol. The van der Waals surface area contributed by atoms with Crippen molar-refractivity contribution in [1.29, 1.82) is 0 Å². The highest BCUT2D eigenvalue weighted by Gasteiger charge is 2.35. The van der Waals surface area contributed by atoms with E-state index < -0.39 is 12.0 Å². The van der Waals surface area contributed by atoms with Gasteiger partial charge in [0, 0.05) is 19.1 Å². The fraction of sp³-hybridized carbons (Fsp3) is 0.500. The number of urea groups is 1. The first-order chi connectivity index (χ1) is 12.1. The van der Waals surface area contributed by atoms with Crippen LogP contribution in [0.4, 0.5) is 4.79 Å². The van der Waals surface area contributed by atoms with Gasteiger partial charge < -0.3 is 20.6 Å². The van der Waals surface area contributed by atoms with Crippen molar-refractivity contribution in [3.05, 3.63) is 35.9 Å². The number of hydrogen-bond acceptors (Lipinski definition) is 3. The molecule has 1 aromatic rings. The van der Waals surface area contributed by atoms with E-state index in [1.807, 2.05) is 30.3 Å². The molecule has 3 rings (SSSR count). The van der Waals surface area contributed by atoms with Gasteiger partial charge in [0.25, 0.3) is 0 Å². The molecular weight excluding hydrogens is 322 g/mol. The summed E-state index contributed by atoms with van der Waals surface area (Å²) in [7, 11) is 0. The number of rotatable bonds is 3. The summed E-state index contributed by atoms with van der Waals surface area (Å²) < 4.78 is 0. The maximum atomic E-state index is 12.7. The molecule has 1 aliphatic heterocycles. The van der Waals surface area contributed by atoms with E-state index in [0.717, 1.165) is 5.56 Å². The van der Waals surface area contributed by atoms with Gasteiger partial charge in [-0.1, -0.05) is 30.3 Å². The number of carbonyl (C=O) groups is 3. The van der Waals surface area contributed by atoms with Gasteiger partial charge in [-0.2, -0.15) is 0 Å². The fourth-order valence-corrected chi connectivity index (χ4v) is 3.59. The molecule has 134 valence electrons.